The molecule has 0 N–H and O–H groups in total. The van der Waals surface area contributed by atoms with Crippen LogP contribution in [0.4, 0.5) is 0 Å². The molecule has 2 nitrogen and oxygen atoms in total. The Labute approximate surface area is 207 Å². The van der Waals surface area contributed by atoms with Crippen molar-refractivity contribution in [3.05, 3.63) is 112 Å². The molecule has 0 aliphatic heterocycles. The Kier molecular flexibility index (Phi) is 6.03. The lowest BCUT2D eigenvalue weighted by molar-refractivity contribution is -0.564. The standard InChI is InChI=1S/C28H19Cl2NOS/c1-33-20-15-16-24-21(17-20)25(18-9-4-2-5-10-18)26(19-11-6-3-7-12-19)28(31(24)32)27-22(29)13-8-14-23(27)30/h2-17H,1H3. The average Bonchev–Trinajstić information content (AvgIpc) is 2.85. The lowest BCUT2D eigenvalue weighted by atomic mass is 9.88. The third-order valence-electron chi connectivity index (χ3n) is 5.71. The molecule has 0 saturated carbocycles. The van der Waals surface area contributed by atoms with E-state index < -0.39 is 0 Å². The van der Waals surface area contributed by atoms with Crippen molar-refractivity contribution >= 4 is 45.9 Å². The molecule has 0 radical (unpaired) electrons. The van der Waals surface area contributed by atoms with Gasteiger partial charge >= 0.3 is 0 Å². The van der Waals surface area contributed by atoms with E-state index in [1.807, 2.05) is 66.9 Å². The molecule has 162 valence electrons. The van der Waals surface area contributed by atoms with Crippen LogP contribution < -0.4 is 4.73 Å². The van der Waals surface area contributed by atoms with Crippen LogP contribution in [-0.4, -0.2) is 6.26 Å². The number of aromatic nitrogens is 1. The number of benzene rings is 4. The molecule has 1 aromatic heterocycles. The molecule has 0 bridgehead atoms. The van der Waals surface area contributed by atoms with Gasteiger partial charge in [-0.15, -0.1) is 11.8 Å². The van der Waals surface area contributed by atoms with Crippen molar-refractivity contribution in [3.8, 4) is 33.5 Å². The van der Waals surface area contributed by atoms with E-state index in [2.05, 4.69) is 18.2 Å². The van der Waals surface area contributed by atoms with Crippen molar-refractivity contribution in [2.24, 2.45) is 0 Å². The molecule has 5 heteroatoms. The van der Waals surface area contributed by atoms with Crippen molar-refractivity contribution in [1.29, 1.82) is 0 Å². The van der Waals surface area contributed by atoms with Crippen LogP contribution in [0.15, 0.2) is 102 Å². The molecule has 33 heavy (non-hydrogen) atoms. The number of hydrogen-bond acceptors (Lipinski definition) is 2. The molecule has 5 aromatic rings. The SMILES string of the molecule is CSc1ccc2c(c1)c(-c1ccccc1)c(-c1ccccc1)c(-c1c(Cl)cccc1Cl)[n+]2[O-]. The highest BCUT2D eigenvalue weighted by molar-refractivity contribution is 7.98. The molecule has 0 unspecified atom stereocenters. The largest absolute Gasteiger partial charge is 0.618 e. The monoisotopic (exact) mass is 487 g/mol. The molecule has 0 spiro atoms. The zero-order valence-corrected chi connectivity index (χ0v) is 20.1. The van der Waals surface area contributed by atoms with Crippen molar-refractivity contribution < 1.29 is 4.73 Å². The summed E-state index contributed by atoms with van der Waals surface area (Å²) in [6, 6.07) is 31.3. The van der Waals surface area contributed by atoms with Gasteiger partial charge in [0.25, 0.3) is 0 Å². The average molecular weight is 488 g/mol. The third-order valence-corrected chi connectivity index (χ3v) is 7.06. The van der Waals surface area contributed by atoms with Crippen LogP contribution in [-0.2, 0) is 0 Å². The minimum Gasteiger partial charge on any atom is -0.618 e. The fourth-order valence-electron chi connectivity index (χ4n) is 4.24. The first kappa shape index (κ1) is 21.8. The summed E-state index contributed by atoms with van der Waals surface area (Å²) in [6.45, 7) is 0. The van der Waals surface area contributed by atoms with Crippen LogP contribution in [0.3, 0.4) is 0 Å². The summed E-state index contributed by atoms with van der Waals surface area (Å²) >= 11 is 15.0. The van der Waals surface area contributed by atoms with E-state index in [1.165, 1.54) is 0 Å². The van der Waals surface area contributed by atoms with Gasteiger partial charge in [-0.3, -0.25) is 0 Å². The lowest BCUT2D eigenvalue weighted by Gasteiger charge is -2.20. The molecule has 0 fully saturated rings. The van der Waals surface area contributed by atoms with Gasteiger partial charge in [-0.2, -0.15) is 4.73 Å². The van der Waals surface area contributed by atoms with Gasteiger partial charge in [0.1, 0.15) is 0 Å². The summed E-state index contributed by atoms with van der Waals surface area (Å²) in [5, 5.41) is 15.8. The summed E-state index contributed by atoms with van der Waals surface area (Å²) in [5.74, 6) is 0. The topological polar surface area (TPSA) is 26.9 Å². The summed E-state index contributed by atoms with van der Waals surface area (Å²) < 4.78 is 0.974. The minimum atomic E-state index is 0.434. The number of fused-ring (bicyclic) bond motifs is 1. The zero-order valence-electron chi connectivity index (χ0n) is 17.8. The second kappa shape index (κ2) is 9.11. The smallest absolute Gasteiger partial charge is 0.235 e. The molecule has 5 rings (SSSR count). The van der Waals surface area contributed by atoms with Gasteiger partial charge in [0.05, 0.1) is 26.6 Å². The maximum Gasteiger partial charge on any atom is 0.235 e. The second-order valence-corrected chi connectivity index (χ2v) is 9.30. The first-order chi connectivity index (χ1) is 16.1. The highest BCUT2D eigenvalue weighted by Crippen LogP contribution is 2.46. The number of rotatable bonds is 4. The predicted octanol–water partition coefficient (Wildman–Crippen LogP) is 8.50. The number of halogens is 2. The maximum absolute atomic E-state index is 14.0. The molecule has 1 heterocycles. The molecule has 0 saturated heterocycles. The van der Waals surface area contributed by atoms with E-state index in [-0.39, 0.29) is 0 Å². The van der Waals surface area contributed by atoms with Crippen LogP contribution in [0.5, 0.6) is 0 Å². The summed E-state index contributed by atoms with van der Waals surface area (Å²) in [4.78, 5) is 1.09. The van der Waals surface area contributed by atoms with E-state index in [0.29, 0.717) is 26.8 Å². The zero-order chi connectivity index (χ0) is 22.9. The Hall–Kier alpha value is -2.98. The maximum atomic E-state index is 14.0. The van der Waals surface area contributed by atoms with E-state index in [0.717, 1.165) is 37.3 Å². The van der Waals surface area contributed by atoms with E-state index in [4.69, 9.17) is 23.2 Å². The van der Waals surface area contributed by atoms with E-state index in [9.17, 15) is 5.21 Å². The van der Waals surface area contributed by atoms with Gasteiger partial charge < -0.3 is 5.21 Å². The van der Waals surface area contributed by atoms with Crippen molar-refractivity contribution in [2.45, 2.75) is 4.90 Å². The molecule has 4 aromatic carbocycles. The fourth-order valence-corrected chi connectivity index (χ4v) is 5.25. The van der Waals surface area contributed by atoms with Gasteiger partial charge in [-0.05, 0) is 41.6 Å². The van der Waals surface area contributed by atoms with Gasteiger partial charge in [0.2, 0.25) is 11.2 Å². The van der Waals surface area contributed by atoms with Crippen LogP contribution in [0.1, 0.15) is 0 Å². The predicted molar refractivity (Wildman–Crippen MR) is 141 cm³/mol. The van der Waals surface area contributed by atoms with Gasteiger partial charge in [-0.25, -0.2) is 0 Å². The Morgan fingerprint density at radius 2 is 1.24 bits per heavy atom. The van der Waals surface area contributed by atoms with Gasteiger partial charge in [0.15, 0.2) is 0 Å². The van der Waals surface area contributed by atoms with Crippen molar-refractivity contribution in [2.75, 3.05) is 6.26 Å². The number of thioether (sulfide) groups is 1. The summed E-state index contributed by atoms with van der Waals surface area (Å²) in [7, 11) is 0. The molecular weight excluding hydrogens is 469 g/mol. The Morgan fingerprint density at radius 1 is 0.667 bits per heavy atom. The van der Waals surface area contributed by atoms with Crippen LogP contribution in [0.25, 0.3) is 44.4 Å². The Bertz CT molecular complexity index is 1450. The number of nitrogens with zero attached hydrogens (tertiary/aromatic N) is 1. The summed E-state index contributed by atoms with van der Waals surface area (Å²) in [6.07, 6.45) is 2.03. The highest BCUT2D eigenvalue weighted by atomic mass is 35.5. The molecule has 0 amide bonds. The normalized spacial score (nSPS) is 11.1. The first-order valence-electron chi connectivity index (χ1n) is 10.4. The minimum absolute atomic E-state index is 0.434. The molecular formula is C28H19Cl2NOS. The van der Waals surface area contributed by atoms with Crippen LogP contribution >= 0.6 is 35.0 Å². The van der Waals surface area contributed by atoms with Crippen molar-refractivity contribution in [1.82, 2.24) is 0 Å². The molecule has 0 aliphatic rings. The number of pyridine rings is 1. The quantitative estimate of drug-likeness (QED) is 0.144. The third kappa shape index (κ3) is 3.87. The lowest BCUT2D eigenvalue weighted by Crippen LogP contribution is -2.32. The Balaban J connectivity index is 2.06. The van der Waals surface area contributed by atoms with E-state index >= 15 is 0 Å². The second-order valence-electron chi connectivity index (χ2n) is 7.60. The van der Waals surface area contributed by atoms with Crippen LogP contribution in [0.2, 0.25) is 10.0 Å². The number of hydrogen-bond donors (Lipinski definition) is 0. The Morgan fingerprint density at radius 3 is 1.82 bits per heavy atom. The fraction of sp³-hybridized carbons (Fsp3) is 0.0357. The molecule has 0 aliphatic carbocycles. The van der Waals surface area contributed by atoms with Gasteiger partial charge in [-0.1, -0.05) is 89.9 Å². The van der Waals surface area contributed by atoms with Crippen molar-refractivity contribution in [3.63, 3.8) is 0 Å². The van der Waals surface area contributed by atoms with Crippen LogP contribution in [0, 0.1) is 5.21 Å². The highest BCUT2D eigenvalue weighted by Gasteiger charge is 2.29. The first-order valence-corrected chi connectivity index (χ1v) is 12.4. The molecule has 0 atom stereocenters. The van der Waals surface area contributed by atoms with Gasteiger partial charge in [0, 0.05) is 16.5 Å². The van der Waals surface area contributed by atoms with E-state index in [1.54, 1.807) is 30.0 Å². The summed E-state index contributed by atoms with van der Waals surface area (Å²) in [5.41, 5.74) is 5.26.